The Morgan fingerprint density at radius 2 is 2.31 bits per heavy atom. The third-order valence-corrected chi connectivity index (χ3v) is 2.40. The van der Waals surface area contributed by atoms with E-state index in [1.165, 1.54) is 6.42 Å². The summed E-state index contributed by atoms with van der Waals surface area (Å²) in [6.45, 7) is 6.41. The van der Waals surface area contributed by atoms with Crippen LogP contribution in [-0.4, -0.2) is 32.0 Å². The van der Waals surface area contributed by atoms with Gasteiger partial charge in [-0.3, -0.25) is 0 Å². The normalized spacial score (nSPS) is 26.3. The van der Waals surface area contributed by atoms with Gasteiger partial charge in [0.1, 0.15) is 0 Å². The molecule has 0 aromatic heterocycles. The molecule has 0 aromatic rings. The molecule has 2 N–H and O–H groups in total. The molecule has 2 atom stereocenters. The van der Waals surface area contributed by atoms with Gasteiger partial charge in [0, 0.05) is 19.1 Å². The SMILES string of the molecule is CC(C)OC(CN)C1CCCOC1. The van der Waals surface area contributed by atoms with Crippen molar-refractivity contribution in [1.29, 1.82) is 0 Å². The van der Waals surface area contributed by atoms with Crippen LogP contribution in [-0.2, 0) is 9.47 Å². The van der Waals surface area contributed by atoms with Gasteiger partial charge >= 0.3 is 0 Å². The van der Waals surface area contributed by atoms with Crippen molar-refractivity contribution in [3.63, 3.8) is 0 Å². The van der Waals surface area contributed by atoms with E-state index in [0.717, 1.165) is 19.6 Å². The lowest BCUT2D eigenvalue weighted by molar-refractivity contribution is -0.0645. The molecule has 1 saturated heterocycles. The summed E-state index contributed by atoms with van der Waals surface area (Å²) in [6.07, 6.45) is 2.77. The van der Waals surface area contributed by atoms with E-state index in [-0.39, 0.29) is 12.2 Å². The van der Waals surface area contributed by atoms with Crippen LogP contribution in [0.2, 0.25) is 0 Å². The Balaban J connectivity index is 2.34. The van der Waals surface area contributed by atoms with Gasteiger partial charge in [-0.2, -0.15) is 0 Å². The lowest BCUT2D eigenvalue weighted by atomic mass is 9.96. The highest BCUT2D eigenvalue weighted by molar-refractivity contribution is 4.74. The lowest BCUT2D eigenvalue weighted by Crippen LogP contribution is -2.38. The van der Waals surface area contributed by atoms with Crippen LogP contribution in [0.5, 0.6) is 0 Å². The van der Waals surface area contributed by atoms with E-state index in [1.54, 1.807) is 0 Å². The molecule has 0 bridgehead atoms. The van der Waals surface area contributed by atoms with Gasteiger partial charge in [-0.15, -0.1) is 0 Å². The number of ether oxygens (including phenoxy) is 2. The minimum Gasteiger partial charge on any atom is -0.381 e. The minimum absolute atomic E-state index is 0.181. The Hall–Kier alpha value is -0.120. The summed E-state index contributed by atoms with van der Waals surface area (Å²) in [5.74, 6) is 0.501. The predicted molar refractivity (Wildman–Crippen MR) is 52.6 cm³/mol. The molecule has 0 saturated carbocycles. The first-order valence-electron chi connectivity index (χ1n) is 5.17. The van der Waals surface area contributed by atoms with Crippen molar-refractivity contribution in [2.45, 2.75) is 38.9 Å². The molecule has 3 heteroatoms. The Labute approximate surface area is 80.6 Å². The molecular formula is C10H21NO2. The molecular weight excluding hydrogens is 166 g/mol. The molecule has 13 heavy (non-hydrogen) atoms. The van der Waals surface area contributed by atoms with E-state index in [1.807, 2.05) is 13.8 Å². The van der Waals surface area contributed by atoms with Gasteiger partial charge in [0.15, 0.2) is 0 Å². The van der Waals surface area contributed by atoms with E-state index in [2.05, 4.69) is 0 Å². The summed E-state index contributed by atoms with van der Waals surface area (Å²) in [5.41, 5.74) is 5.67. The second-order valence-electron chi connectivity index (χ2n) is 3.94. The highest BCUT2D eigenvalue weighted by atomic mass is 16.5. The standard InChI is InChI=1S/C10H21NO2/c1-8(2)13-10(6-11)9-4-3-5-12-7-9/h8-10H,3-7,11H2,1-2H3. The average molecular weight is 187 g/mol. The summed E-state index contributed by atoms with van der Waals surface area (Å²) in [6, 6.07) is 0. The van der Waals surface area contributed by atoms with Crippen LogP contribution in [0.15, 0.2) is 0 Å². The Morgan fingerprint density at radius 3 is 2.77 bits per heavy atom. The largest absolute Gasteiger partial charge is 0.381 e. The van der Waals surface area contributed by atoms with Crippen molar-refractivity contribution in [2.75, 3.05) is 19.8 Å². The number of nitrogens with two attached hydrogens (primary N) is 1. The van der Waals surface area contributed by atoms with Gasteiger partial charge < -0.3 is 15.2 Å². The summed E-state index contributed by atoms with van der Waals surface area (Å²) in [7, 11) is 0. The summed E-state index contributed by atoms with van der Waals surface area (Å²) in [5, 5.41) is 0. The predicted octanol–water partition coefficient (Wildman–Crippen LogP) is 1.17. The summed E-state index contributed by atoms with van der Waals surface area (Å²) in [4.78, 5) is 0. The third kappa shape index (κ3) is 3.63. The molecule has 0 aliphatic carbocycles. The van der Waals surface area contributed by atoms with Crippen LogP contribution in [0.25, 0.3) is 0 Å². The molecule has 78 valence electrons. The maximum absolute atomic E-state index is 5.73. The maximum Gasteiger partial charge on any atom is 0.0750 e. The lowest BCUT2D eigenvalue weighted by Gasteiger charge is -2.30. The minimum atomic E-state index is 0.181. The van der Waals surface area contributed by atoms with Gasteiger partial charge in [0.2, 0.25) is 0 Å². The second-order valence-corrected chi connectivity index (χ2v) is 3.94. The molecule has 2 unspecified atom stereocenters. The fourth-order valence-corrected chi connectivity index (χ4v) is 1.77. The van der Waals surface area contributed by atoms with Gasteiger partial charge in [-0.05, 0) is 26.7 Å². The third-order valence-electron chi connectivity index (χ3n) is 2.40. The molecule has 3 nitrogen and oxygen atoms in total. The van der Waals surface area contributed by atoms with Crippen LogP contribution >= 0.6 is 0 Å². The van der Waals surface area contributed by atoms with Crippen molar-refractivity contribution in [3.8, 4) is 0 Å². The second kappa shape index (κ2) is 5.58. The van der Waals surface area contributed by atoms with Crippen molar-refractivity contribution in [2.24, 2.45) is 11.7 Å². The van der Waals surface area contributed by atoms with Gasteiger partial charge in [0.05, 0.1) is 18.8 Å². The van der Waals surface area contributed by atoms with Crippen molar-refractivity contribution < 1.29 is 9.47 Å². The molecule has 1 aliphatic rings. The smallest absolute Gasteiger partial charge is 0.0750 e. The van der Waals surface area contributed by atoms with Crippen molar-refractivity contribution >= 4 is 0 Å². The Kier molecular flexibility index (Phi) is 4.70. The monoisotopic (exact) mass is 187 g/mol. The van der Waals surface area contributed by atoms with Crippen LogP contribution < -0.4 is 5.73 Å². The molecule has 1 rings (SSSR count). The number of hydrogen-bond acceptors (Lipinski definition) is 3. The molecule has 1 aliphatic heterocycles. The Morgan fingerprint density at radius 1 is 1.54 bits per heavy atom. The van der Waals surface area contributed by atoms with Crippen LogP contribution in [0.1, 0.15) is 26.7 Å². The number of rotatable bonds is 4. The molecule has 1 heterocycles. The number of hydrogen-bond donors (Lipinski definition) is 1. The van der Waals surface area contributed by atoms with Gasteiger partial charge in [-0.25, -0.2) is 0 Å². The first kappa shape index (κ1) is 11.0. The molecule has 0 aromatic carbocycles. The van der Waals surface area contributed by atoms with Gasteiger partial charge in [-0.1, -0.05) is 0 Å². The quantitative estimate of drug-likeness (QED) is 0.718. The zero-order valence-electron chi connectivity index (χ0n) is 8.66. The average Bonchev–Trinajstić information content (AvgIpc) is 2.15. The van der Waals surface area contributed by atoms with Gasteiger partial charge in [0.25, 0.3) is 0 Å². The van der Waals surface area contributed by atoms with Crippen LogP contribution in [0.4, 0.5) is 0 Å². The maximum atomic E-state index is 5.73. The van der Waals surface area contributed by atoms with E-state index in [4.69, 9.17) is 15.2 Å². The van der Waals surface area contributed by atoms with Crippen LogP contribution in [0.3, 0.4) is 0 Å². The molecule has 0 radical (unpaired) electrons. The van der Waals surface area contributed by atoms with Crippen molar-refractivity contribution in [1.82, 2.24) is 0 Å². The van der Waals surface area contributed by atoms with E-state index < -0.39 is 0 Å². The van der Waals surface area contributed by atoms with E-state index in [0.29, 0.717) is 12.5 Å². The van der Waals surface area contributed by atoms with E-state index >= 15 is 0 Å². The zero-order chi connectivity index (χ0) is 9.68. The van der Waals surface area contributed by atoms with Crippen molar-refractivity contribution in [3.05, 3.63) is 0 Å². The van der Waals surface area contributed by atoms with E-state index in [9.17, 15) is 0 Å². The van der Waals surface area contributed by atoms with Crippen LogP contribution in [0, 0.1) is 5.92 Å². The highest BCUT2D eigenvalue weighted by Crippen LogP contribution is 2.20. The topological polar surface area (TPSA) is 44.5 Å². The first-order valence-corrected chi connectivity index (χ1v) is 5.17. The zero-order valence-corrected chi connectivity index (χ0v) is 8.66. The fourth-order valence-electron chi connectivity index (χ4n) is 1.77. The Bertz CT molecular complexity index is 133. The summed E-state index contributed by atoms with van der Waals surface area (Å²) < 4.78 is 11.1. The molecule has 1 fully saturated rings. The summed E-state index contributed by atoms with van der Waals surface area (Å²) >= 11 is 0. The first-order chi connectivity index (χ1) is 6.24. The fraction of sp³-hybridized carbons (Fsp3) is 1.00. The molecule has 0 amide bonds. The highest BCUT2D eigenvalue weighted by Gasteiger charge is 2.24. The molecule has 0 spiro atoms.